The Balaban J connectivity index is 0.000000173. The maximum absolute atomic E-state index is 10.8. The van der Waals surface area contributed by atoms with Crippen molar-refractivity contribution in [2.75, 3.05) is 27.2 Å². The van der Waals surface area contributed by atoms with Gasteiger partial charge in [0, 0.05) is 20.0 Å². The summed E-state index contributed by atoms with van der Waals surface area (Å²) in [7, 11) is 3.68. The molecule has 0 aromatic heterocycles. The van der Waals surface area contributed by atoms with Crippen LogP contribution in [0.15, 0.2) is 109 Å². The molecule has 1 amide bonds. The third kappa shape index (κ3) is 7.33. The van der Waals surface area contributed by atoms with E-state index < -0.39 is 6.09 Å². The SMILES string of the molecule is CN(CCC=C1c2ccccc2CCc2ccccc21)C(=O)[O-].C[NH2+]CCC=C1c2ccccc2CCc2ccccc21. The molecule has 4 aromatic carbocycles. The van der Waals surface area contributed by atoms with Crippen LogP contribution >= 0.6 is 0 Å². The van der Waals surface area contributed by atoms with Crippen LogP contribution in [0.25, 0.3) is 11.1 Å². The van der Waals surface area contributed by atoms with Crippen LogP contribution in [-0.4, -0.2) is 38.2 Å². The van der Waals surface area contributed by atoms with Gasteiger partial charge in [0.05, 0.1) is 13.6 Å². The highest BCUT2D eigenvalue weighted by atomic mass is 16.4. The number of nitrogens with zero attached hydrogens (tertiary/aromatic N) is 1. The molecule has 2 N–H and O–H groups in total. The predicted molar refractivity (Wildman–Crippen MR) is 175 cm³/mol. The highest BCUT2D eigenvalue weighted by molar-refractivity contribution is 5.84. The summed E-state index contributed by atoms with van der Waals surface area (Å²) in [6, 6.07) is 34.7. The summed E-state index contributed by atoms with van der Waals surface area (Å²) in [6.07, 6.45) is 9.58. The van der Waals surface area contributed by atoms with Crippen LogP contribution in [0.1, 0.15) is 57.3 Å². The van der Waals surface area contributed by atoms with E-state index in [9.17, 15) is 9.90 Å². The van der Waals surface area contributed by atoms with Crippen molar-refractivity contribution >= 4 is 17.2 Å². The van der Waals surface area contributed by atoms with Gasteiger partial charge in [0.2, 0.25) is 0 Å². The number of hydrogen-bond donors (Lipinski definition) is 1. The van der Waals surface area contributed by atoms with Gasteiger partial charge in [-0.1, -0.05) is 109 Å². The lowest BCUT2D eigenvalue weighted by Crippen LogP contribution is -2.79. The molecule has 0 spiro atoms. The maximum atomic E-state index is 10.8. The van der Waals surface area contributed by atoms with Gasteiger partial charge in [-0.3, -0.25) is 0 Å². The molecule has 0 fully saturated rings. The van der Waals surface area contributed by atoms with Crippen molar-refractivity contribution in [2.45, 2.75) is 38.5 Å². The Kier molecular flexibility index (Phi) is 10.2. The molecule has 220 valence electrons. The minimum Gasteiger partial charge on any atom is -0.530 e. The Morgan fingerprint density at radius 1 is 0.651 bits per heavy atom. The first-order valence-electron chi connectivity index (χ1n) is 15.5. The fourth-order valence-corrected chi connectivity index (χ4v) is 6.16. The van der Waals surface area contributed by atoms with E-state index in [-0.39, 0.29) is 0 Å². The van der Waals surface area contributed by atoms with Gasteiger partial charge in [-0.2, -0.15) is 0 Å². The average molecular weight is 571 g/mol. The Labute approximate surface area is 256 Å². The van der Waals surface area contributed by atoms with Gasteiger partial charge >= 0.3 is 0 Å². The lowest BCUT2D eigenvalue weighted by Gasteiger charge is -2.19. The number of fused-ring (bicyclic) bond motifs is 4. The summed E-state index contributed by atoms with van der Waals surface area (Å²) in [4.78, 5) is 12.0. The molecular weight excluding hydrogens is 528 g/mol. The minimum absolute atomic E-state index is 0.441. The summed E-state index contributed by atoms with van der Waals surface area (Å²) >= 11 is 0. The van der Waals surface area contributed by atoms with Crippen molar-refractivity contribution in [1.29, 1.82) is 0 Å². The molecule has 0 bridgehead atoms. The van der Waals surface area contributed by atoms with E-state index in [1.54, 1.807) is 7.05 Å². The minimum atomic E-state index is -1.13. The zero-order valence-electron chi connectivity index (χ0n) is 25.4. The molecule has 4 heteroatoms. The number of carboxylic acid groups (broad SMARTS) is 1. The molecule has 0 atom stereocenters. The van der Waals surface area contributed by atoms with Crippen molar-refractivity contribution in [3.63, 3.8) is 0 Å². The Bertz CT molecular complexity index is 1520. The second-order valence-corrected chi connectivity index (χ2v) is 11.3. The first-order chi connectivity index (χ1) is 21.1. The molecule has 2 aliphatic rings. The monoisotopic (exact) mass is 570 g/mol. The maximum Gasteiger partial charge on any atom is 0.136 e. The van der Waals surface area contributed by atoms with Crippen molar-refractivity contribution in [3.05, 3.63) is 154 Å². The number of benzene rings is 4. The summed E-state index contributed by atoms with van der Waals surface area (Å²) in [6.45, 7) is 1.59. The van der Waals surface area contributed by atoms with E-state index in [1.807, 2.05) is 0 Å². The predicted octanol–water partition coefficient (Wildman–Crippen LogP) is 5.68. The third-order valence-corrected chi connectivity index (χ3v) is 8.49. The van der Waals surface area contributed by atoms with E-state index in [0.717, 1.165) is 38.6 Å². The van der Waals surface area contributed by atoms with Crippen LogP contribution in [0, 0.1) is 0 Å². The zero-order chi connectivity index (χ0) is 30.0. The Hall–Kier alpha value is -4.41. The standard InChI is InChI=1S/C20H21NO2.C19H21N/c1-21(20(22)23)14-6-11-19-17-9-4-2-7-15(17)12-13-16-8-3-5-10-18(16)19;1-20-14-6-11-19-17-9-4-2-7-15(17)12-13-16-8-3-5-10-18(16)19/h2-5,7-11H,6,12-14H2,1H3,(H,22,23);2-5,7-11,20H,6,12-14H2,1H3. The molecular formula is C39H42N2O2. The molecule has 6 rings (SSSR count). The van der Waals surface area contributed by atoms with Crippen LogP contribution in [-0.2, 0) is 25.7 Å². The number of carbonyl (C=O) groups excluding carboxylic acids is 1. The number of aryl methyl sites for hydroxylation is 4. The zero-order valence-corrected chi connectivity index (χ0v) is 25.4. The summed E-state index contributed by atoms with van der Waals surface area (Å²) in [5.74, 6) is 0. The lowest BCUT2D eigenvalue weighted by molar-refractivity contribution is -0.626. The van der Waals surface area contributed by atoms with Crippen LogP contribution in [0.4, 0.5) is 4.79 Å². The molecule has 0 aliphatic heterocycles. The van der Waals surface area contributed by atoms with E-state index in [1.165, 1.54) is 60.6 Å². The highest BCUT2D eigenvalue weighted by Gasteiger charge is 2.18. The van der Waals surface area contributed by atoms with Crippen LogP contribution < -0.4 is 10.4 Å². The number of quaternary nitrogens is 1. The number of amides is 1. The molecule has 43 heavy (non-hydrogen) atoms. The fourth-order valence-electron chi connectivity index (χ4n) is 6.16. The highest BCUT2D eigenvalue weighted by Crippen LogP contribution is 2.34. The first kappa shape index (κ1) is 30.1. The van der Waals surface area contributed by atoms with Crippen LogP contribution in [0.2, 0.25) is 0 Å². The largest absolute Gasteiger partial charge is 0.530 e. The van der Waals surface area contributed by atoms with Crippen molar-refractivity contribution in [1.82, 2.24) is 4.90 Å². The van der Waals surface area contributed by atoms with Gasteiger partial charge in [-0.25, -0.2) is 0 Å². The van der Waals surface area contributed by atoms with Gasteiger partial charge in [0.25, 0.3) is 0 Å². The Morgan fingerprint density at radius 3 is 1.35 bits per heavy atom. The van der Waals surface area contributed by atoms with Crippen molar-refractivity contribution in [3.8, 4) is 0 Å². The molecule has 2 aliphatic carbocycles. The summed E-state index contributed by atoms with van der Waals surface area (Å²) in [5, 5.41) is 13.1. The Morgan fingerprint density at radius 2 is 1.00 bits per heavy atom. The second-order valence-electron chi connectivity index (χ2n) is 11.3. The molecule has 0 saturated carbocycles. The topological polar surface area (TPSA) is 60.0 Å². The average Bonchev–Trinajstić information content (AvgIpc) is 3.30. The molecule has 4 nitrogen and oxygen atoms in total. The first-order valence-corrected chi connectivity index (χ1v) is 15.5. The molecule has 4 aromatic rings. The smallest absolute Gasteiger partial charge is 0.136 e. The lowest BCUT2D eigenvalue weighted by atomic mass is 9.93. The second kappa shape index (κ2) is 14.7. The molecule has 0 radical (unpaired) electrons. The summed E-state index contributed by atoms with van der Waals surface area (Å²) in [5.41, 5.74) is 13.7. The van der Waals surface area contributed by atoms with E-state index in [2.05, 4.69) is 122 Å². The quantitative estimate of drug-likeness (QED) is 0.303. The molecule has 0 heterocycles. The van der Waals surface area contributed by atoms with E-state index >= 15 is 0 Å². The van der Waals surface area contributed by atoms with E-state index in [0.29, 0.717) is 13.0 Å². The van der Waals surface area contributed by atoms with Crippen molar-refractivity contribution < 1.29 is 15.2 Å². The molecule has 0 unspecified atom stereocenters. The third-order valence-electron chi connectivity index (χ3n) is 8.49. The van der Waals surface area contributed by atoms with Gasteiger partial charge < -0.3 is 20.1 Å². The number of rotatable bonds is 6. The fraction of sp³-hybridized carbons (Fsp3) is 0.256. The normalized spacial score (nSPS) is 13.1. The van der Waals surface area contributed by atoms with Gasteiger partial charge in [0.15, 0.2) is 0 Å². The van der Waals surface area contributed by atoms with Gasteiger partial charge in [-0.05, 0) is 87.8 Å². The van der Waals surface area contributed by atoms with Crippen LogP contribution in [0.5, 0.6) is 0 Å². The molecule has 0 saturated heterocycles. The summed E-state index contributed by atoms with van der Waals surface area (Å²) < 4.78 is 0. The number of nitrogens with two attached hydrogens (primary N) is 1. The van der Waals surface area contributed by atoms with Gasteiger partial charge in [0.1, 0.15) is 6.09 Å². The number of carbonyl (C=O) groups is 1. The number of hydrogen-bond acceptors (Lipinski definition) is 2. The van der Waals surface area contributed by atoms with E-state index in [4.69, 9.17) is 0 Å². The van der Waals surface area contributed by atoms with Gasteiger partial charge in [-0.15, -0.1) is 0 Å². The van der Waals surface area contributed by atoms with Crippen LogP contribution in [0.3, 0.4) is 0 Å². The van der Waals surface area contributed by atoms with Crippen molar-refractivity contribution in [2.24, 2.45) is 0 Å².